The Labute approximate surface area is 65.0 Å². The number of aryl methyl sites for hydroxylation is 1. The third-order valence-corrected chi connectivity index (χ3v) is 2.24. The Bertz CT molecular complexity index is 283. The van der Waals surface area contributed by atoms with Crippen LogP contribution in [-0.4, -0.2) is 0 Å². The van der Waals surface area contributed by atoms with Gasteiger partial charge in [-0.2, -0.15) is 0 Å². The van der Waals surface area contributed by atoms with Crippen LogP contribution in [0.1, 0.15) is 23.6 Å². The van der Waals surface area contributed by atoms with Gasteiger partial charge in [-0.1, -0.05) is 12.1 Å². The Morgan fingerprint density at radius 1 is 1.45 bits per heavy atom. The van der Waals surface area contributed by atoms with Crippen LogP contribution < -0.4 is 5.73 Å². The van der Waals surface area contributed by atoms with Gasteiger partial charge < -0.3 is 5.73 Å². The monoisotopic (exact) mass is 151 g/mol. The maximum Gasteiger partial charge on any atom is 0.128 e. The number of fused-ring (bicyclic) bond motifs is 1. The third kappa shape index (κ3) is 0.942. The van der Waals surface area contributed by atoms with Gasteiger partial charge in [0.25, 0.3) is 0 Å². The van der Waals surface area contributed by atoms with E-state index < -0.39 is 0 Å². The fourth-order valence-electron chi connectivity index (χ4n) is 1.67. The molecule has 1 atom stereocenters. The van der Waals surface area contributed by atoms with E-state index in [0.29, 0.717) is 0 Å². The summed E-state index contributed by atoms with van der Waals surface area (Å²) in [5.74, 6) is -0.146. The van der Waals surface area contributed by atoms with Gasteiger partial charge in [0.05, 0.1) is 0 Å². The summed E-state index contributed by atoms with van der Waals surface area (Å²) >= 11 is 0. The second-order valence-corrected chi connectivity index (χ2v) is 2.96. The summed E-state index contributed by atoms with van der Waals surface area (Å²) in [5.41, 5.74) is 7.52. The Morgan fingerprint density at radius 2 is 2.27 bits per heavy atom. The molecule has 1 nitrogen and oxygen atoms in total. The minimum Gasteiger partial charge on any atom is -0.324 e. The third-order valence-electron chi connectivity index (χ3n) is 2.24. The average Bonchev–Trinajstić information content (AvgIpc) is 2.34. The molecule has 0 amide bonds. The summed E-state index contributed by atoms with van der Waals surface area (Å²) in [5, 5.41) is 0. The average molecular weight is 151 g/mol. The van der Waals surface area contributed by atoms with E-state index >= 15 is 0 Å². The van der Waals surface area contributed by atoms with Gasteiger partial charge in [0, 0.05) is 11.6 Å². The molecule has 0 spiro atoms. The molecule has 2 heteroatoms. The van der Waals surface area contributed by atoms with E-state index in [9.17, 15) is 4.39 Å². The second-order valence-electron chi connectivity index (χ2n) is 2.96. The first-order valence-corrected chi connectivity index (χ1v) is 3.82. The summed E-state index contributed by atoms with van der Waals surface area (Å²) in [6.07, 6.45) is 1.81. The van der Waals surface area contributed by atoms with Crippen LogP contribution in [0.3, 0.4) is 0 Å². The quantitative estimate of drug-likeness (QED) is 0.600. The molecule has 11 heavy (non-hydrogen) atoms. The van der Waals surface area contributed by atoms with Gasteiger partial charge in [-0.3, -0.25) is 0 Å². The van der Waals surface area contributed by atoms with Crippen LogP contribution in [0.25, 0.3) is 0 Å². The van der Waals surface area contributed by atoms with Crippen LogP contribution in [0, 0.1) is 5.82 Å². The fourth-order valence-corrected chi connectivity index (χ4v) is 1.67. The van der Waals surface area contributed by atoms with Gasteiger partial charge in [0.1, 0.15) is 5.82 Å². The van der Waals surface area contributed by atoms with Crippen molar-refractivity contribution in [1.29, 1.82) is 0 Å². The summed E-state index contributed by atoms with van der Waals surface area (Å²) in [7, 11) is 0. The zero-order valence-electron chi connectivity index (χ0n) is 6.18. The van der Waals surface area contributed by atoms with Gasteiger partial charge in [-0.25, -0.2) is 4.39 Å². The van der Waals surface area contributed by atoms with E-state index in [4.69, 9.17) is 5.73 Å². The van der Waals surface area contributed by atoms with E-state index in [-0.39, 0.29) is 11.9 Å². The normalized spacial score (nSPS) is 21.8. The smallest absolute Gasteiger partial charge is 0.128 e. The Kier molecular flexibility index (Phi) is 1.43. The highest BCUT2D eigenvalue weighted by Gasteiger charge is 2.21. The summed E-state index contributed by atoms with van der Waals surface area (Å²) in [6, 6.07) is 5.09. The lowest BCUT2D eigenvalue weighted by molar-refractivity contribution is 0.589. The number of hydrogen-bond acceptors (Lipinski definition) is 1. The molecule has 2 N–H and O–H groups in total. The molecule has 0 bridgehead atoms. The highest BCUT2D eigenvalue weighted by molar-refractivity contribution is 5.35. The van der Waals surface area contributed by atoms with Crippen molar-refractivity contribution in [1.82, 2.24) is 0 Å². The molecular weight excluding hydrogens is 141 g/mol. The molecule has 0 aliphatic heterocycles. The molecule has 1 aromatic carbocycles. The zero-order chi connectivity index (χ0) is 7.84. The highest BCUT2D eigenvalue weighted by atomic mass is 19.1. The maximum atomic E-state index is 13.1. The maximum absolute atomic E-state index is 13.1. The lowest BCUT2D eigenvalue weighted by Gasteiger charge is -2.04. The van der Waals surface area contributed by atoms with Crippen molar-refractivity contribution in [2.75, 3.05) is 0 Å². The molecule has 0 fully saturated rings. The van der Waals surface area contributed by atoms with E-state index in [1.54, 1.807) is 6.07 Å². The van der Waals surface area contributed by atoms with Crippen molar-refractivity contribution in [3.8, 4) is 0 Å². The molecule has 0 heterocycles. The fraction of sp³-hybridized carbons (Fsp3) is 0.333. The van der Waals surface area contributed by atoms with Crippen LogP contribution in [0.15, 0.2) is 18.2 Å². The number of hydrogen-bond donors (Lipinski definition) is 1. The molecule has 58 valence electrons. The van der Waals surface area contributed by atoms with Gasteiger partial charge in [0.15, 0.2) is 0 Å². The minimum absolute atomic E-state index is 0.0776. The standard InChI is InChI=1S/C9H10FN/c10-7-3-1-2-6-4-5-8(11)9(6)7/h1-3,8H,4-5,11H2/t8-/m0/s1. The minimum atomic E-state index is -0.146. The van der Waals surface area contributed by atoms with Gasteiger partial charge in [-0.15, -0.1) is 0 Å². The Morgan fingerprint density at radius 3 is 3.00 bits per heavy atom. The zero-order valence-corrected chi connectivity index (χ0v) is 6.18. The van der Waals surface area contributed by atoms with Crippen LogP contribution in [-0.2, 0) is 6.42 Å². The lowest BCUT2D eigenvalue weighted by atomic mass is 10.1. The predicted molar refractivity (Wildman–Crippen MR) is 41.6 cm³/mol. The molecule has 0 saturated carbocycles. The van der Waals surface area contributed by atoms with Crippen molar-refractivity contribution in [2.24, 2.45) is 5.73 Å². The van der Waals surface area contributed by atoms with E-state index in [1.165, 1.54) is 6.07 Å². The Balaban J connectivity index is 2.58. The SMILES string of the molecule is N[C@H]1CCc2cccc(F)c21. The van der Waals surface area contributed by atoms with Gasteiger partial charge >= 0.3 is 0 Å². The highest BCUT2D eigenvalue weighted by Crippen LogP contribution is 2.30. The van der Waals surface area contributed by atoms with Crippen molar-refractivity contribution in [2.45, 2.75) is 18.9 Å². The predicted octanol–water partition coefficient (Wildman–Crippen LogP) is 1.77. The molecule has 1 aliphatic rings. The van der Waals surface area contributed by atoms with Crippen molar-refractivity contribution >= 4 is 0 Å². The van der Waals surface area contributed by atoms with E-state index in [2.05, 4.69) is 0 Å². The first-order valence-electron chi connectivity index (χ1n) is 3.82. The molecule has 0 unspecified atom stereocenters. The molecular formula is C9H10FN. The van der Waals surface area contributed by atoms with Gasteiger partial charge in [-0.05, 0) is 24.5 Å². The van der Waals surface area contributed by atoms with Crippen LogP contribution in [0.5, 0.6) is 0 Å². The summed E-state index contributed by atoms with van der Waals surface area (Å²) < 4.78 is 13.1. The summed E-state index contributed by atoms with van der Waals surface area (Å²) in [4.78, 5) is 0. The molecule has 0 radical (unpaired) electrons. The first kappa shape index (κ1) is 6.80. The lowest BCUT2D eigenvalue weighted by Crippen LogP contribution is -2.07. The van der Waals surface area contributed by atoms with E-state index in [0.717, 1.165) is 24.0 Å². The van der Waals surface area contributed by atoms with Gasteiger partial charge in [0.2, 0.25) is 0 Å². The largest absolute Gasteiger partial charge is 0.324 e. The Hall–Kier alpha value is -0.890. The van der Waals surface area contributed by atoms with Crippen LogP contribution in [0.2, 0.25) is 0 Å². The topological polar surface area (TPSA) is 26.0 Å². The molecule has 2 rings (SSSR count). The number of rotatable bonds is 0. The van der Waals surface area contributed by atoms with Crippen LogP contribution >= 0.6 is 0 Å². The molecule has 1 aliphatic carbocycles. The number of halogens is 1. The number of benzene rings is 1. The van der Waals surface area contributed by atoms with Crippen molar-refractivity contribution < 1.29 is 4.39 Å². The van der Waals surface area contributed by atoms with Crippen molar-refractivity contribution in [3.63, 3.8) is 0 Å². The first-order chi connectivity index (χ1) is 5.29. The van der Waals surface area contributed by atoms with Crippen LogP contribution in [0.4, 0.5) is 4.39 Å². The summed E-state index contributed by atoms with van der Waals surface area (Å²) in [6.45, 7) is 0. The molecule has 0 saturated heterocycles. The molecule has 1 aromatic rings. The second kappa shape index (κ2) is 2.31. The molecule has 0 aromatic heterocycles. The van der Waals surface area contributed by atoms with Crippen molar-refractivity contribution in [3.05, 3.63) is 35.1 Å². The number of nitrogens with two attached hydrogens (primary N) is 1. The van der Waals surface area contributed by atoms with E-state index in [1.807, 2.05) is 6.07 Å².